The Balaban J connectivity index is 3.11. The number of carbonyl (C=O) groups is 2. The molecule has 0 unspecified atom stereocenters. The first-order chi connectivity index (χ1) is 8.36. The van der Waals surface area contributed by atoms with Crippen molar-refractivity contribution >= 4 is 29.2 Å². The van der Waals surface area contributed by atoms with Crippen molar-refractivity contribution in [3.8, 4) is 0 Å². The van der Waals surface area contributed by atoms with E-state index in [1.807, 2.05) is 0 Å². The highest BCUT2D eigenvalue weighted by molar-refractivity contribution is 7.10. The number of thiophene rings is 1. The van der Waals surface area contributed by atoms with Crippen molar-refractivity contribution in [3.05, 3.63) is 28.0 Å². The van der Waals surface area contributed by atoms with Gasteiger partial charge in [-0.15, -0.1) is 11.3 Å². The molecule has 0 aromatic carbocycles. The molecule has 0 N–H and O–H groups in total. The first-order valence-electron chi connectivity index (χ1n) is 4.90. The van der Waals surface area contributed by atoms with Crippen LogP contribution in [0.3, 0.4) is 0 Å². The maximum absolute atomic E-state index is 12.3. The number of hydrogen-bond acceptors (Lipinski definition) is 4. The lowest BCUT2D eigenvalue weighted by molar-refractivity contribution is -0.168. The van der Waals surface area contributed by atoms with E-state index in [0.29, 0.717) is 4.88 Å². The van der Waals surface area contributed by atoms with Crippen molar-refractivity contribution in [1.82, 2.24) is 0 Å². The summed E-state index contributed by atoms with van der Waals surface area (Å²) in [5.41, 5.74) is -1.01. The number of ketones is 1. The van der Waals surface area contributed by atoms with Crippen LogP contribution in [0.1, 0.15) is 11.8 Å². The van der Waals surface area contributed by atoms with Crippen molar-refractivity contribution in [3.63, 3.8) is 0 Å². The molecule has 7 heteroatoms. The second kappa shape index (κ2) is 5.81. The van der Waals surface area contributed by atoms with E-state index < -0.39 is 23.5 Å². The summed E-state index contributed by atoms with van der Waals surface area (Å²) < 4.78 is 41.4. The fourth-order valence-electron chi connectivity index (χ4n) is 1.09. The minimum absolute atomic E-state index is 0.105. The minimum Gasteiger partial charge on any atom is -0.462 e. The van der Waals surface area contributed by atoms with Crippen molar-refractivity contribution in [2.45, 2.75) is 13.1 Å². The quantitative estimate of drug-likeness (QED) is 0.368. The molecule has 0 fully saturated rings. The molecule has 0 aliphatic heterocycles. The topological polar surface area (TPSA) is 43.4 Å². The number of ether oxygens (including phenoxy) is 1. The van der Waals surface area contributed by atoms with Crippen LogP contribution in [0.15, 0.2) is 23.1 Å². The Hall–Kier alpha value is -1.63. The summed E-state index contributed by atoms with van der Waals surface area (Å²) in [6, 6.07) is 3.09. The summed E-state index contributed by atoms with van der Waals surface area (Å²) in [6.45, 7) is 1.34. The Kier molecular flexibility index (Phi) is 4.66. The fourth-order valence-corrected chi connectivity index (χ4v) is 1.75. The molecule has 0 saturated carbocycles. The van der Waals surface area contributed by atoms with Crippen LogP contribution in [0.2, 0.25) is 0 Å². The van der Waals surface area contributed by atoms with Gasteiger partial charge in [-0.05, 0) is 24.4 Å². The third-order valence-electron chi connectivity index (χ3n) is 1.83. The zero-order valence-electron chi connectivity index (χ0n) is 9.28. The highest BCUT2D eigenvalue weighted by atomic mass is 32.1. The Morgan fingerprint density at radius 1 is 1.44 bits per heavy atom. The maximum Gasteiger partial charge on any atom is 0.455 e. The first-order valence-corrected chi connectivity index (χ1v) is 5.78. The SMILES string of the molecule is CCOC(=O)/C(=C\c1cccs1)C(=O)C(F)(F)F. The van der Waals surface area contributed by atoms with Crippen molar-refractivity contribution in [2.75, 3.05) is 6.61 Å². The molecule has 98 valence electrons. The molecule has 1 aromatic rings. The number of esters is 1. The zero-order valence-corrected chi connectivity index (χ0v) is 10.1. The molecule has 3 nitrogen and oxygen atoms in total. The minimum atomic E-state index is -5.10. The van der Waals surface area contributed by atoms with Gasteiger partial charge in [0.15, 0.2) is 0 Å². The molecule has 0 amide bonds. The van der Waals surface area contributed by atoms with Crippen molar-refractivity contribution in [2.24, 2.45) is 0 Å². The molecule has 0 atom stereocenters. The lowest BCUT2D eigenvalue weighted by Crippen LogP contribution is -2.29. The molecule has 18 heavy (non-hydrogen) atoms. The van der Waals surface area contributed by atoms with Gasteiger partial charge in [-0.25, -0.2) is 4.79 Å². The van der Waals surface area contributed by atoms with Gasteiger partial charge in [-0.1, -0.05) is 6.07 Å². The molecule has 0 radical (unpaired) electrons. The summed E-state index contributed by atoms with van der Waals surface area (Å²) in [7, 11) is 0. The Bertz CT molecular complexity index is 460. The van der Waals surface area contributed by atoms with Crippen LogP contribution in [-0.2, 0) is 14.3 Å². The molecular weight excluding hydrogens is 269 g/mol. The molecule has 1 rings (SSSR count). The Morgan fingerprint density at radius 2 is 2.11 bits per heavy atom. The summed E-state index contributed by atoms with van der Waals surface area (Å²) >= 11 is 1.11. The van der Waals surface area contributed by atoms with Gasteiger partial charge in [0.2, 0.25) is 0 Å². The number of Topliss-reactive ketones (excluding diaryl/α,β-unsaturated/α-hetero) is 1. The number of hydrogen-bond donors (Lipinski definition) is 0. The average molecular weight is 278 g/mol. The normalized spacial score (nSPS) is 12.3. The highest BCUT2D eigenvalue weighted by Crippen LogP contribution is 2.24. The predicted octanol–water partition coefficient (Wildman–Crippen LogP) is 2.83. The van der Waals surface area contributed by atoms with Gasteiger partial charge in [-0.2, -0.15) is 13.2 Å². The van der Waals surface area contributed by atoms with E-state index in [4.69, 9.17) is 0 Å². The fraction of sp³-hybridized carbons (Fsp3) is 0.273. The molecule has 1 heterocycles. The van der Waals surface area contributed by atoms with E-state index in [9.17, 15) is 22.8 Å². The molecule has 0 aliphatic carbocycles. The number of alkyl halides is 3. The van der Waals surface area contributed by atoms with E-state index in [0.717, 1.165) is 17.4 Å². The first kappa shape index (κ1) is 14.4. The standard InChI is InChI=1S/C11H9F3O3S/c1-2-17-10(16)8(9(15)11(12,13)14)6-7-4-3-5-18-7/h3-6H,2H2,1H3/b8-6-. The van der Waals surface area contributed by atoms with Crippen LogP contribution < -0.4 is 0 Å². The molecule has 0 saturated heterocycles. The number of halogens is 3. The van der Waals surface area contributed by atoms with Crippen LogP contribution in [0.25, 0.3) is 6.08 Å². The van der Waals surface area contributed by atoms with E-state index in [1.54, 1.807) is 11.4 Å². The van der Waals surface area contributed by atoms with Gasteiger partial charge in [-0.3, -0.25) is 4.79 Å². The van der Waals surface area contributed by atoms with Crippen LogP contribution in [-0.4, -0.2) is 24.5 Å². The van der Waals surface area contributed by atoms with Crippen LogP contribution in [0, 0.1) is 0 Å². The van der Waals surface area contributed by atoms with Crippen LogP contribution >= 0.6 is 11.3 Å². The summed E-state index contributed by atoms with van der Waals surface area (Å²) in [5.74, 6) is -3.47. The monoisotopic (exact) mass is 278 g/mol. The molecular formula is C11H9F3O3S. The Morgan fingerprint density at radius 3 is 2.56 bits per heavy atom. The Labute approximate surface area is 105 Å². The molecule has 0 spiro atoms. The molecule has 1 aromatic heterocycles. The van der Waals surface area contributed by atoms with Gasteiger partial charge in [0.25, 0.3) is 5.78 Å². The van der Waals surface area contributed by atoms with E-state index in [2.05, 4.69) is 4.74 Å². The van der Waals surface area contributed by atoms with Gasteiger partial charge < -0.3 is 4.74 Å². The van der Waals surface area contributed by atoms with Crippen LogP contribution in [0.5, 0.6) is 0 Å². The zero-order chi connectivity index (χ0) is 13.8. The smallest absolute Gasteiger partial charge is 0.455 e. The maximum atomic E-state index is 12.3. The number of carbonyl (C=O) groups excluding carboxylic acids is 2. The molecule has 0 aliphatic rings. The van der Waals surface area contributed by atoms with E-state index in [-0.39, 0.29) is 6.61 Å². The highest BCUT2D eigenvalue weighted by Gasteiger charge is 2.43. The second-order valence-corrected chi connectivity index (χ2v) is 4.10. The van der Waals surface area contributed by atoms with E-state index >= 15 is 0 Å². The third kappa shape index (κ3) is 3.69. The van der Waals surface area contributed by atoms with Gasteiger partial charge in [0.05, 0.1) is 6.61 Å². The van der Waals surface area contributed by atoms with Crippen molar-refractivity contribution in [1.29, 1.82) is 0 Å². The largest absolute Gasteiger partial charge is 0.462 e. The average Bonchev–Trinajstić information content (AvgIpc) is 2.76. The molecule has 0 bridgehead atoms. The van der Waals surface area contributed by atoms with Gasteiger partial charge in [0.1, 0.15) is 5.57 Å². The van der Waals surface area contributed by atoms with Gasteiger partial charge >= 0.3 is 12.1 Å². The summed E-state index contributed by atoms with van der Waals surface area (Å²) in [4.78, 5) is 22.8. The lowest BCUT2D eigenvalue weighted by atomic mass is 10.1. The number of rotatable bonds is 4. The summed E-state index contributed by atoms with van der Waals surface area (Å²) in [5, 5.41) is 1.62. The predicted molar refractivity (Wildman–Crippen MR) is 60.0 cm³/mol. The third-order valence-corrected chi connectivity index (χ3v) is 2.65. The summed E-state index contributed by atoms with van der Waals surface area (Å²) in [6.07, 6.45) is -4.21. The van der Waals surface area contributed by atoms with Crippen LogP contribution in [0.4, 0.5) is 13.2 Å². The second-order valence-electron chi connectivity index (χ2n) is 3.12. The lowest BCUT2D eigenvalue weighted by Gasteiger charge is -2.08. The van der Waals surface area contributed by atoms with Crippen molar-refractivity contribution < 1.29 is 27.5 Å². The van der Waals surface area contributed by atoms with Gasteiger partial charge in [0, 0.05) is 4.88 Å². The van der Waals surface area contributed by atoms with E-state index in [1.165, 1.54) is 13.0 Å².